The molecule has 0 saturated carbocycles. The van der Waals surface area contributed by atoms with Gasteiger partial charge in [0.1, 0.15) is 23.4 Å². The average Bonchev–Trinajstić information content (AvgIpc) is 3.09. The SMILES string of the molecule is CCOc1cc2c(cc1CNC(=NC)NCc1ccc(F)c(CN(C)C)c1)OC(C)C2. The minimum absolute atomic E-state index is 0.184. The number of guanidine groups is 1. The second kappa shape index (κ2) is 10.5. The standard InChI is InChI=1S/C24H33FN4O2/c1-6-30-22-11-18-9-16(2)31-23(18)12-19(22)14-28-24(26-3)27-13-17-7-8-21(25)20(10-17)15-29(4)5/h7-8,10-12,16H,6,9,13-15H2,1-5H3,(H2,26,27,28). The van der Waals surface area contributed by atoms with Crippen LogP contribution in [0.3, 0.4) is 0 Å². The van der Waals surface area contributed by atoms with Crippen molar-refractivity contribution in [3.63, 3.8) is 0 Å². The van der Waals surface area contributed by atoms with Crippen LogP contribution in [0.15, 0.2) is 35.3 Å². The number of halogens is 1. The normalized spacial score (nSPS) is 15.6. The van der Waals surface area contributed by atoms with E-state index in [0.29, 0.717) is 37.8 Å². The van der Waals surface area contributed by atoms with Crippen molar-refractivity contribution in [1.82, 2.24) is 15.5 Å². The van der Waals surface area contributed by atoms with Gasteiger partial charge in [0.15, 0.2) is 5.96 Å². The van der Waals surface area contributed by atoms with Crippen molar-refractivity contribution < 1.29 is 13.9 Å². The van der Waals surface area contributed by atoms with Crippen LogP contribution in [0.2, 0.25) is 0 Å². The lowest BCUT2D eigenvalue weighted by atomic mass is 10.1. The first kappa shape index (κ1) is 22.9. The van der Waals surface area contributed by atoms with E-state index in [-0.39, 0.29) is 11.9 Å². The Bertz CT molecular complexity index is 930. The van der Waals surface area contributed by atoms with Crippen molar-refractivity contribution in [3.8, 4) is 11.5 Å². The first-order valence-electron chi connectivity index (χ1n) is 10.7. The Morgan fingerprint density at radius 1 is 1.19 bits per heavy atom. The van der Waals surface area contributed by atoms with Gasteiger partial charge in [0.05, 0.1) is 6.61 Å². The lowest BCUT2D eigenvalue weighted by Gasteiger charge is -2.16. The smallest absolute Gasteiger partial charge is 0.191 e. The van der Waals surface area contributed by atoms with Gasteiger partial charge in [-0.1, -0.05) is 6.07 Å². The molecular weight excluding hydrogens is 395 g/mol. The van der Waals surface area contributed by atoms with E-state index in [0.717, 1.165) is 29.0 Å². The summed E-state index contributed by atoms with van der Waals surface area (Å²) in [7, 11) is 5.59. The molecule has 0 bridgehead atoms. The average molecular weight is 429 g/mol. The molecule has 3 rings (SSSR count). The van der Waals surface area contributed by atoms with Crippen molar-refractivity contribution in [3.05, 3.63) is 58.4 Å². The molecule has 6 nitrogen and oxygen atoms in total. The molecule has 2 aromatic rings. The van der Waals surface area contributed by atoms with Gasteiger partial charge in [-0.15, -0.1) is 0 Å². The van der Waals surface area contributed by atoms with Gasteiger partial charge in [0.2, 0.25) is 0 Å². The van der Waals surface area contributed by atoms with Crippen LogP contribution < -0.4 is 20.1 Å². The van der Waals surface area contributed by atoms with Crippen molar-refractivity contribution in [2.24, 2.45) is 4.99 Å². The van der Waals surface area contributed by atoms with Crippen molar-refractivity contribution in [2.45, 2.75) is 46.0 Å². The Morgan fingerprint density at radius 2 is 1.97 bits per heavy atom. The molecule has 0 saturated heterocycles. The van der Waals surface area contributed by atoms with Crippen LogP contribution in [0, 0.1) is 5.82 Å². The predicted octanol–water partition coefficient (Wildman–Crippen LogP) is 3.47. The van der Waals surface area contributed by atoms with Gasteiger partial charge in [-0.05, 0) is 57.8 Å². The summed E-state index contributed by atoms with van der Waals surface area (Å²) in [5.74, 6) is 2.27. The third kappa shape index (κ3) is 6.10. The molecule has 31 heavy (non-hydrogen) atoms. The first-order valence-corrected chi connectivity index (χ1v) is 10.7. The van der Waals surface area contributed by atoms with Crippen molar-refractivity contribution in [2.75, 3.05) is 27.7 Å². The highest BCUT2D eigenvalue weighted by Crippen LogP contribution is 2.35. The van der Waals surface area contributed by atoms with Gasteiger partial charge in [-0.2, -0.15) is 0 Å². The zero-order valence-electron chi connectivity index (χ0n) is 19.1. The number of hydrogen-bond acceptors (Lipinski definition) is 4. The summed E-state index contributed by atoms with van der Waals surface area (Å²) in [6.45, 7) is 6.32. The fourth-order valence-electron chi connectivity index (χ4n) is 3.69. The van der Waals surface area contributed by atoms with E-state index >= 15 is 0 Å². The summed E-state index contributed by atoms with van der Waals surface area (Å²) in [6.07, 6.45) is 1.09. The Balaban J connectivity index is 1.63. The molecule has 1 aliphatic rings. The molecule has 1 aliphatic heterocycles. The molecule has 0 radical (unpaired) electrons. The lowest BCUT2D eigenvalue weighted by molar-refractivity contribution is 0.254. The lowest BCUT2D eigenvalue weighted by Crippen LogP contribution is -2.36. The minimum Gasteiger partial charge on any atom is -0.494 e. The van der Waals surface area contributed by atoms with E-state index in [4.69, 9.17) is 9.47 Å². The highest BCUT2D eigenvalue weighted by atomic mass is 19.1. The maximum Gasteiger partial charge on any atom is 0.191 e. The molecule has 0 fully saturated rings. The quantitative estimate of drug-likeness (QED) is 0.498. The number of nitrogens with one attached hydrogen (secondary N) is 2. The van der Waals surface area contributed by atoms with Crippen LogP contribution in [0.5, 0.6) is 11.5 Å². The van der Waals surface area contributed by atoms with E-state index < -0.39 is 0 Å². The van der Waals surface area contributed by atoms with Gasteiger partial charge in [0, 0.05) is 49.8 Å². The van der Waals surface area contributed by atoms with Crippen LogP contribution in [0.25, 0.3) is 0 Å². The number of ether oxygens (including phenoxy) is 2. The van der Waals surface area contributed by atoms with Gasteiger partial charge >= 0.3 is 0 Å². The Hall–Kier alpha value is -2.80. The second-order valence-corrected chi connectivity index (χ2v) is 8.08. The Morgan fingerprint density at radius 3 is 2.68 bits per heavy atom. The van der Waals surface area contributed by atoms with Gasteiger partial charge in [-0.3, -0.25) is 4.99 Å². The molecule has 1 heterocycles. The summed E-state index contributed by atoms with van der Waals surface area (Å²) in [4.78, 5) is 6.26. The van der Waals surface area contributed by atoms with E-state index in [2.05, 4.69) is 34.7 Å². The maximum absolute atomic E-state index is 14.0. The van der Waals surface area contributed by atoms with Crippen LogP contribution in [0.4, 0.5) is 4.39 Å². The van der Waals surface area contributed by atoms with Crippen LogP contribution in [-0.4, -0.2) is 44.7 Å². The van der Waals surface area contributed by atoms with E-state index in [1.807, 2.05) is 32.0 Å². The molecule has 7 heteroatoms. The van der Waals surface area contributed by atoms with Crippen LogP contribution in [-0.2, 0) is 26.1 Å². The molecule has 1 unspecified atom stereocenters. The Kier molecular flexibility index (Phi) is 7.74. The maximum atomic E-state index is 14.0. The van der Waals surface area contributed by atoms with E-state index in [1.54, 1.807) is 13.1 Å². The first-order chi connectivity index (χ1) is 14.9. The summed E-state index contributed by atoms with van der Waals surface area (Å²) in [5.41, 5.74) is 3.89. The highest BCUT2D eigenvalue weighted by molar-refractivity contribution is 5.79. The van der Waals surface area contributed by atoms with Crippen molar-refractivity contribution in [1.29, 1.82) is 0 Å². The van der Waals surface area contributed by atoms with E-state index in [9.17, 15) is 4.39 Å². The number of rotatable bonds is 8. The molecule has 168 valence electrons. The Labute approximate surface area is 184 Å². The molecule has 2 aromatic carbocycles. The highest BCUT2D eigenvalue weighted by Gasteiger charge is 2.22. The molecular formula is C24H33FN4O2. The fourth-order valence-corrected chi connectivity index (χ4v) is 3.69. The number of fused-ring (bicyclic) bond motifs is 1. The topological polar surface area (TPSA) is 58.1 Å². The largest absolute Gasteiger partial charge is 0.494 e. The van der Waals surface area contributed by atoms with Gasteiger partial charge in [-0.25, -0.2) is 4.39 Å². The van der Waals surface area contributed by atoms with Gasteiger partial charge < -0.3 is 25.0 Å². The molecule has 1 atom stereocenters. The third-order valence-electron chi connectivity index (χ3n) is 5.11. The summed E-state index contributed by atoms with van der Waals surface area (Å²) in [6, 6.07) is 9.34. The number of benzene rings is 2. The second-order valence-electron chi connectivity index (χ2n) is 8.08. The zero-order chi connectivity index (χ0) is 22.4. The number of hydrogen-bond donors (Lipinski definition) is 2. The van der Waals surface area contributed by atoms with Crippen LogP contribution in [0.1, 0.15) is 36.1 Å². The monoisotopic (exact) mass is 428 g/mol. The van der Waals surface area contributed by atoms with Gasteiger partial charge in [0.25, 0.3) is 0 Å². The fraction of sp³-hybridized carbons (Fsp3) is 0.458. The summed E-state index contributed by atoms with van der Waals surface area (Å²) >= 11 is 0. The number of nitrogens with zero attached hydrogens (tertiary/aromatic N) is 2. The molecule has 0 aromatic heterocycles. The minimum atomic E-state index is -0.184. The molecule has 0 amide bonds. The molecule has 2 N–H and O–H groups in total. The summed E-state index contributed by atoms with van der Waals surface area (Å²) in [5, 5.41) is 6.63. The number of aliphatic imine (C=N–C) groups is 1. The third-order valence-corrected chi connectivity index (χ3v) is 5.11. The van der Waals surface area contributed by atoms with E-state index in [1.165, 1.54) is 11.6 Å². The van der Waals surface area contributed by atoms with Crippen LogP contribution >= 0.6 is 0 Å². The summed E-state index contributed by atoms with van der Waals surface area (Å²) < 4.78 is 25.8. The molecule has 0 aliphatic carbocycles. The predicted molar refractivity (Wildman–Crippen MR) is 122 cm³/mol. The zero-order valence-corrected chi connectivity index (χ0v) is 19.1. The molecule has 0 spiro atoms. The van der Waals surface area contributed by atoms with Crippen molar-refractivity contribution >= 4 is 5.96 Å².